The standard InChI is InChI=1S/C28H34FNO3S/c1-3-28(23-12-19(8-11-26(23)29)17-34(31,32)22-9-10-22)24-15-30(16-25(24)28)18-27(33-2)13-20-6-4-5-7-21(20)14-27/h4-8,11-12,22,24-25H,3,9-10,13-18H2,1-2H3/t24-,25+,28?. The van der Waals surface area contributed by atoms with Crippen LogP contribution in [0.5, 0.6) is 0 Å². The number of halogens is 1. The second-order valence-electron chi connectivity index (χ2n) is 11.1. The van der Waals surface area contributed by atoms with Gasteiger partial charge in [0.2, 0.25) is 0 Å². The highest BCUT2D eigenvalue weighted by Gasteiger charge is 2.68. The van der Waals surface area contributed by atoms with Crippen LogP contribution in [-0.2, 0) is 38.6 Å². The summed E-state index contributed by atoms with van der Waals surface area (Å²) in [5.74, 6) is 0.679. The van der Waals surface area contributed by atoms with Crippen molar-refractivity contribution in [1.29, 1.82) is 0 Å². The summed E-state index contributed by atoms with van der Waals surface area (Å²) in [5, 5.41) is -0.190. The summed E-state index contributed by atoms with van der Waals surface area (Å²) in [6, 6.07) is 13.6. The Bertz CT molecular complexity index is 1180. The average molecular weight is 484 g/mol. The molecule has 3 atom stereocenters. The summed E-state index contributed by atoms with van der Waals surface area (Å²) in [6.45, 7) is 4.95. The molecule has 0 amide bonds. The number of likely N-dealkylation sites (tertiary alicyclic amines) is 1. The van der Waals surface area contributed by atoms with Crippen molar-refractivity contribution in [1.82, 2.24) is 4.90 Å². The van der Waals surface area contributed by atoms with E-state index in [0.29, 0.717) is 11.8 Å². The third-order valence-electron chi connectivity index (χ3n) is 9.22. The summed E-state index contributed by atoms with van der Waals surface area (Å²) in [7, 11) is -1.29. The van der Waals surface area contributed by atoms with Crippen molar-refractivity contribution in [2.45, 2.75) is 61.0 Å². The first-order valence-electron chi connectivity index (χ1n) is 12.6. The van der Waals surface area contributed by atoms with Gasteiger partial charge in [0.25, 0.3) is 0 Å². The first-order chi connectivity index (χ1) is 16.3. The highest BCUT2D eigenvalue weighted by Crippen LogP contribution is 2.66. The molecule has 1 saturated heterocycles. The zero-order chi connectivity index (χ0) is 23.7. The van der Waals surface area contributed by atoms with Gasteiger partial charge < -0.3 is 4.74 Å². The molecule has 2 aromatic rings. The van der Waals surface area contributed by atoms with Crippen LogP contribution in [0.1, 0.15) is 48.4 Å². The predicted molar refractivity (Wildman–Crippen MR) is 131 cm³/mol. The Morgan fingerprint density at radius 3 is 2.26 bits per heavy atom. The van der Waals surface area contributed by atoms with Crippen LogP contribution in [0.4, 0.5) is 4.39 Å². The van der Waals surface area contributed by atoms with Gasteiger partial charge >= 0.3 is 0 Å². The fourth-order valence-corrected chi connectivity index (χ4v) is 8.98. The first kappa shape index (κ1) is 22.7. The van der Waals surface area contributed by atoms with Crippen molar-refractivity contribution in [3.8, 4) is 0 Å². The molecule has 4 nitrogen and oxygen atoms in total. The highest BCUT2D eigenvalue weighted by molar-refractivity contribution is 7.91. The van der Waals surface area contributed by atoms with Crippen LogP contribution < -0.4 is 0 Å². The van der Waals surface area contributed by atoms with Gasteiger partial charge in [-0.3, -0.25) is 4.90 Å². The zero-order valence-electron chi connectivity index (χ0n) is 20.1. The van der Waals surface area contributed by atoms with Gasteiger partial charge in [-0.1, -0.05) is 43.3 Å². The van der Waals surface area contributed by atoms with Gasteiger partial charge in [-0.25, -0.2) is 12.8 Å². The topological polar surface area (TPSA) is 46.6 Å². The smallest absolute Gasteiger partial charge is 0.157 e. The molecule has 0 bridgehead atoms. The maximum absolute atomic E-state index is 15.1. The lowest BCUT2D eigenvalue weighted by Crippen LogP contribution is -2.46. The minimum atomic E-state index is -3.12. The summed E-state index contributed by atoms with van der Waals surface area (Å²) < 4.78 is 46.3. The normalized spacial score (nSPS) is 29.7. The van der Waals surface area contributed by atoms with Crippen LogP contribution in [0.25, 0.3) is 0 Å². The Morgan fingerprint density at radius 2 is 1.71 bits per heavy atom. The molecular formula is C28H34FNO3S. The molecule has 6 heteroatoms. The average Bonchev–Trinajstić information content (AvgIpc) is 3.69. The molecule has 4 aliphatic rings. The number of sulfone groups is 1. The van der Waals surface area contributed by atoms with Crippen molar-refractivity contribution < 1.29 is 17.5 Å². The van der Waals surface area contributed by atoms with Crippen molar-refractivity contribution in [3.05, 3.63) is 70.5 Å². The third kappa shape index (κ3) is 3.56. The Kier molecular flexibility index (Phi) is 5.25. The summed E-state index contributed by atoms with van der Waals surface area (Å²) in [4.78, 5) is 2.51. The first-order valence-corrected chi connectivity index (χ1v) is 14.4. The van der Waals surface area contributed by atoms with E-state index >= 15 is 4.39 Å². The van der Waals surface area contributed by atoms with E-state index in [9.17, 15) is 8.42 Å². The van der Waals surface area contributed by atoms with Gasteiger partial charge in [-0.15, -0.1) is 0 Å². The van der Waals surface area contributed by atoms with Gasteiger partial charge in [0.05, 0.1) is 16.6 Å². The lowest BCUT2D eigenvalue weighted by atomic mass is 9.86. The fraction of sp³-hybridized carbons (Fsp3) is 0.571. The third-order valence-corrected chi connectivity index (χ3v) is 11.4. The maximum Gasteiger partial charge on any atom is 0.157 e. The largest absolute Gasteiger partial charge is 0.376 e. The van der Waals surface area contributed by atoms with Crippen molar-refractivity contribution in [3.63, 3.8) is 0 Å². The summed E-state index contributed by atoms with van der Waals surface area (Å²) >= 11 is 0. The number of rotatable bonds is 8. The number of fused-ring (bicyclic) bond motifs is 2. The fourth-order valence-electron chi connectivity index (χ4n) is 7.24. The monoisotopic (exact) mass is 483 g/mol. The van der Waals surface area contributed by atoms with Gasteiger partial charge in [0, 0.05) is 45.0 Å². The van der Waals surface area contributed by atoms with E-state index in [4.69, 9.17) is 4.74 Å². The molecule has 0 N–H and O–H groups in total. The molecule has 0 spiro atoms. The number of ether oxygens (including phenoxy) is 1. The number of hydrogen-bond donors (Lipinski definition) is 0. The van der Waals surface area contributed by atoms with Gasteiger partial charge in [0.15, 0.2) is 9.84 Å². The van der Waals surface area contributed by atoms with Gasteiger partial charge in [0.1, 0.15) is 5.82 Å². The van der Waals surface area contributed by atoms with Crippen LogP contribution in [-0.4, -0.2) is 50.9 Å². The van der Waals surface area contributed by atoms with Crippen LogP contribution in [0.3, 0.4) is 0 Å². The number of nitrogens with zero attached hydrogens (tertiary/aromatic N) is 1. The maximum atomic E-state index is 15.1. The molecule has 1 unspecified atom stereocenters. The second-order valence-corrected chi connectivity index (χ2v) is 13.4. The Hall–Kier alpha value is -1.76. The molecule has 2 saturated carbocycles. The Balaban J connectivity index is 1.18. The van der Waals surface area contributed by atoms with Crippen LogP contribution >= 0.6 is 0 Å². The highest BCUT2D eigenvalue weighted by atomic mass is 32.2. The quantitative estimate of drug-likeness (QED) is 0.562. The Morgan fingerprint density at radius 1 is 1.06 bits per heavy atom. The van der Waals surface area contributed by atoms with Crippen molar-refractivity contribution >= 4 is 9.84 Å². The van der Waals surface area contributed by atoms with Crippen LogP contribution in [0.2, 0.25) is 0 Å². The summed E-state index contributed by atoms with van der Waals surface area (Å²) in [6.07, 6.45) is 4.30. The van der Waals surface area contributed by atoms with E-state index < -0.39 is 9.84 Å². The molecular weight excluding hydrogens is 449 g/mol. The molecule has 182 valence electrons. The molecule has 1 heterocycles. The number of piperidine rings is 1. The van der Waals surface area contributed by atoms with E-state index in [1.807, 2.05) is 13.2 Å². The van der Waals surface area contributed by atoms with Crippen molar-refractivity contribution in [2.24, 2.45) is 11.8 Å². The van der Waals surface area contributed by atoms with E-state index in [2.05, 4.69) is 36.1 Å². The molecule has 3 fully saturated rings. The molecule has 0 radical (unpaired) electrons. The van der Waals surface area contributed by atoms with Gasteiger partial charge in [-0.05, 0) is 59.4 Å². The number of benzene rings is 2. The molecule has 3 aliphatic carbocycles. The minimum Gasteiger partial charge on any atom is -0.376 e. The Labute approximate surface area is 202 Å². The SMILES string of the molecule is CCC1(c2cc(CS(=O)(=O)C3CC3)ccc2F)[C@@H]2CN(CC3(OC)Cc4ccccc4C3)C[C@@H]21. The number of hydrogen-bond acceptors (Lipinski definition) is 4. The van der Waals surface area contributed by atoms with E-state index in [1.54, 1.807) is 6.07 Å². The summed E-state index contributed by atoms with van der Waals surface area (Å²) in [5.41, 5.74) is 3.90. The van der Waals surface area contributed by atoms with E-state index in [-0.39, 0.29) is 27.8 Å². The van der Waals surface area contributed by atoms with E-state index in [1.165, 1.54) is 17.2 Å². The van der Waals surface area contributed by atoms with Crippen LogP contribution in [0.15, 0.2) is 42.5 Å². The lowest BCUT2D eigenvalue weighted by molar-refractivity contribution is -0.0277. The van der Waals surface area contributed by atoms with Gasteiger partial charge in [-0.2, -0.15) is 0 Å². The zero-order valence-corrected chi connectivity index (χ0v) is 20.9. The lowest BCUT2D eigenvalue weighted by Gasteiger charge is -2.35. The molecule has 0 aromatic heterocycles. The molecule has 2 aromatic carbocycles. The number of methoxy groups -OCH3 is 1. The predicted octanol–water partition coefficient (Wildman–Crippen LogP) is 4.30. The van der Waals surface area contributed by atoms with Crippen LogP contribution in [0, 0.1) is 17.7 Å². The molecule has 1 aliphatic heterocycles. The second kappa shape index (κ2) is 7.87. The van der Waals surface area contributed by atoms with Crippen molar-refractivity contribution in [2.75, 3.05) is 26.7 Å². The minimum absolute atomic E-state index is 0.0309. The van der Waals surface area contributed by atoms with E-state index in [0.717, 1.165) is 62.9 Å². The molecule has 6 rings (SSSR count). The molecule has 34 heavy (non-hydrogen) atoms.